The second-order valence-corrected chi connectivity index (χ2v) is 8.58. The van der Waals surface area contributed by atoms with E-state index >= 15 is 0 Å². The van der Waals surface area contributed by atoms with Crippen molar-refractivity contribution in [1.82, 2.24) is 15.3 Å². The molecule has 2 amide bonds. The van der Waals surface area contributed by atoms with Gasteiger partial charge in [0.2, 0.25) is 12.7 Å². The maximum Gasteiger partial charge on any atom is 0.259 e. The summed E-state index contributed by atoms with van der Waals surface area (Å²) in [7, 11) is 0. The van der Waals surface area contributed by atoms with Crippen LogP contribution in [0.1, 0.15) is 39.0 Å². The van der Waals surface area contributed by atoms with Gasteiger partial charge >= 0.3 is 0 Å². The number of rotatable bonds is 5. The first-order chi connectivity index (χ1) is 17.7. The van der Waals surface area contributed by atoms with Gasteiger partial charge in [-0.25, -0.2) is 0 Å². The van der Waals surface area contributed by atoms with Gasteiger partial charge in [-0.2, -0.15) is 0 Å². The molecule has 0 radical (unpaired) electrons. The molecule has 2 aliphatic rings. The minimum absolute atomic E-state index is 0.127. The summed E-state index contributed by atoms with van der Waals surface area (Å²) in [6, 6.07) is 19.4. The van der Waals surface area contributed by atoms with E-state index < -0.39 is 12.0 Å². The van der Waals surface area contributed by atoms with Crippen LogP contribution in [0.5, 0.6) is 11.5 Å². The Morgan fingerprint density at radius 1 is 0.944 bits per heavy atom. The quantitative estimate of drug-likeness (QED) is 0.466. The normalized spacial score (nSPS) is 18.0. The van der Waals surface area contributed by atoms with Gasteiger partial charge in [-0.3, -0.25) is 24.5 Å². The Morgan fingerprint density at radius 3 is 2.61 bits per heavy atom. The monoisotopic (exact) mass is 478 g/mol. The molecule has 2 aromatic heterocycles. The van der Waals surface area contributed by atoms with Crippen molar-refractivity contribution < 1.29 is 19.1 Å². The zero-order valence-corrected chi connectivity index (χ0v) is 19.2. The molecule has 2 aliphatic heterocycles. The third-order valence-corrected chi connectivity index (χ3v) is 6.50. The summed E-state index contributed by atoms with van der Waals surface area (Å²) >= 11 is 0. The number of carbonyl (C=O) groups excluding carboxylic acids is 2. The number of pyridine rings is 2. The Morgan fingerprint density at radius 2 is 1.78 bits per heavy atom. The van der Waals surface area contributed by atoms with Crippen LogP contribution in [0.3, 0.4) is 0 Å². The highest BCUT2D eigenvalue weighted by Gasteiger charge is 2.45. The highest BCUT2D eigenvalue weighted by Crippen LogP contribution is 2.46. The SMILES string of the molecule is O=C(NCc1ccncc1)[C@H]1c2ccccc2C(=O)N(c2ccc3c(c2)OCO3)[C@@H]1c1cccnc1. The van der Waals surface area contributed by atoms with Crippen molar-refractivity contribution in [3.8, 4) is 11.5 Å². The smallest absolute Gasteiger partial charge is 0.259 e. The Bertz CT molecular complexity index is 1430. The molecule has 0 unspecified atom stereocenters. The number of carbonyl (C=O) groups is 2. The molecule has 8 nitrogen and oxygen atoms in total. The molecular weight excluding hydrogens is 456 g/mol. The van der Waals surface area contributed by atoms with E-state index in [1.54, 1.807) is 47.9 Å². The first-order valence-corrected chi connectivity index (χ1v) is 11.6. The fourth-order valence-electron chi connectivity index (χ4n) is 4.83. The number of ether oxygens (including phenoxy) is 2. The molecule has 178 valence electrons. The number of anilines is 1. The van der Waals surface area contributed by atoms with E-state index in [0.717, 1.165) is 11.1 Å². The number of nitrogens with one attached hydrogen (secondary N) is 1. The van der Waals surface area contributed by atoms with Gasteiger partial charge < -0.3 is 14.8 Å². The number of nitrogens with zero attached hydrogens (tertiary/aromatic N) is 3. The molecule has 1 N–H and O–H groups in total. The van der Waals surface area contributed by atoms with Crippen LogP contribution < -0.4 is 19.7 Å². The maximum absolute atomic E-state index is 13.9. The largest absolute Gasteiger partial charge is 0.454 e. The molecule has 8 heteroatoms. The third-order valence-electron chi connectivity index (χ3n) is 6.50. The van der Waals surface area contributed by atoms with E-state index in [1.165, 1.54) is 0 Å². The first-order valence-electron chi connectivity index (χ1n) is 11.6. The minimum atomic E-state index is -0.671. The first kappa shape index (κ1) is 21.8. The number of aromatic nitrogens is 2. The van der Waals surface area contributed by atoms with Crippen LogP contribution in [-0.2, 0) is 11.3 Å². The molecule has 0 saturated heterocycles. The highest BCUT2D eigenvalue weighted by molar-refractivity contribution is 6.11. The Balaban J connectivity index is 1.47. The molecule has 0 saturated carbocycles. The van der Waals surface area contributed by atoms with Crippen molar-refractivity contribution >= 4 is 17.5 Å². The molecule has 0 aliphatic carbocycles. The lowest BCUT2D eigenvalue weighted by Crippen LogP contribution is -2.47. The van der Waals surface area contributed by atoms with Gasteiger partial charge in [0, 0.05) is 48.6 Å². The van der Waals surface area contributed by atoms with E-state index in [1.807, 2.05) is 48.5 Å². The van der Waals surface area contributed by atoms with Crippen LogP contribution in [0.25, 0.3) is 0 Å². The van der Waals surface area contributed by atoms with Crippen molar-refractivity contribution in [1.29, 1.82) is 0 Å². The average molecular weight is 479 g/mol. The average Bonchev–Trinajstić information content (AvgIpc) is 3.41. The van der Waals surface area contributed by atoms with E-state index in [9.17, 15) is 9.59 Å². The molecule has 0 spiro atoms. The zero-order chi connectivity index (χ0) is 24.5. The summed E-state index contributed by atoms with van der Waals surface area (Å²) in [5, 5.41) is 3.07. The van der Waals surface area contributed by atoms with Crippen molar-refractivity contribution in [2.75, 3.05) is 11.7 Å². The molecule has 2 atom stereocenters. The number of benzene rings is 2. The topological polar surface area (TPSA) is 93.7 Å². The lowest BCUT2D eigenvalue weighted by molar-refractivity contribution is -0.123. The van der Waals surface area contributed by atoms with E-state index in [2.05, 4.69) is 15.3 Å². The fraction of sp³-hybridized carbons (Fsp3) is 0.143. The van der Waals surface area contributed by atoms with Gasteiger partial charge in [-0.15, -0.1) is 0 Å². The summed E-state index contributed by atoms with van der Waals surface area (Å²) in [6.07, 6.45) is 6.76. The summed E-state index contributed by atoms with van der Waals surface area (Å²) < 4.78 is 11.0. The third kappa shape index (κ3) is 3.82. The van der Waals surface area contributed by atoms with Crippen LogP contribution >= 0.6 is 0 Å². The predicted molar refractivity (Wildman–Crippen MR) is 132 cm³/mol. The van der Waals surface area contributed by atoms with Crippen molar-refractivity contribution in [3.05, 3.63) is 114 Å². The minimum Gasteiger partial charge on any atom is -0.454 e. The van der Waals surface area contributed by atoms with Gasteiger partial charge in [0.1, 0.15) is 0 Å². The van der Waals surface area contributed by atoms with Crippen molar-refractivity contribution in [2.24, 2.45) is 0 Å². The lowest BCUT2D eigenvalue weighted by Gasteiger charge is -2.41. The van der Waals surface area contributed by atoms with Gasteiger partial charge in [0.05, 0.1) is 12.0 Å². The number of amides is 2. The second kappa shape index (κ2) is 9.14. The van der Waals surface area contributed by atoms with E-state index in [4.69, 9.17) is 9.47 Å². The Labute approximate surface area is 207 Å². The lowest BCUT2D eigenvalue weighted by atomic mass is 9.79. The summed E-state index contributed by atoms with van der Waals surface area (Å²) in [5.74, 6) is 0.120. The molecule has 36 heavy (non-hydrogen) atoms. The number of hydrogen-bond donors (Lipinski definition) is 1. The highest BCUT2D eigenvalue weighted by atomic mass is 16.7. The molecule has 4 heterocycles. The Hall–Kier alpha value is -4.72. The Kier molecular flexibility index (Phi) is 5.53. The summed E-state index contributed by atoms with van der Waals surface area (Å²) in [5.41, 5.74) is 3.46. The molecule has 0 fully saturated rings. The van der Waals surface area contributed by atoms with E-state index in [0.29, 0.717) is 34.9 Å². The zero-order valence-electron chi connectivity index (χ0n) is 19.2. The summed E-state index contributed by atoms with van der Waals surface area (Å²) in [6.45, 7) is 0.472. The van der Waals surface area contributed by atoms with E-state index in [-0.39, 0.29) is 18.6 Å². The number of hydrogen-bond acceptors (Lipinski definition) is 6. The van der Waals surface area contributed by atoms with Crippen LogP contribution in [0.2, 0.25) is 0 Å². The van der Waals surface area contributed by atoms with Gasteiger partial charge in [0.15, 0.2) is 11.5 Å². The standard InChI is InChI=1S/C28H22N4O4/c33-27(31-15-18-9-12-29-13-10-18)25-21-5-1-2-6-22(21)28(34)32(26(25)19-4-3-11-30-16-19)20-7-8-23-24(14-20)36-17-35-23/h1-14,16,25-26H,15,17H2,(H,31,33)/t25-,26+/m0/s1. The molecule has 4 aromatic rings. The number of fused-ring (bicyclic) bond motifs is 2. The fourth-order valence-corrected chi connectivity index (χ4v) is 4.83. The van der Waals surface area contributed by atoms with Gasteiger partial charge in [-0.1, -0.05) is 24.3 Å². The maximum atomic E-state index is 13.9. The van der Waals surface area contributed by atoms with Crippen LogP contribution in [0.15, 0.2) is 91.5 Å². The van der Waals surface area contributed by atoms with Gasteiger partial charge in [0.25, 0.3) is 5.91 Å². The van der Waals surface area contributed by atoms with Crippen molar-refractivity contribution in [2.45, 2.75) is 18.5 Å². The van der Waals surface area contributed by atoms with Crippen LogP contribution in [0, 0.1) is 0 Å². The molecular formula is C28H22N4O4. The predicted octanol–water partition coefficient (Wildman–Crippen LogP) is 4.01. The molecule has 2 aromatic carbocycles. The van der Waals surface area contributed by atoms with Gasteiger partial charge in [-0.05, 0) is 53.1 Å². The van der Waals surface area contributed by atoms with Crippen LogP contribution in [-0.4, -0.2) is 28.6 Å². The molecule has 6 rings (SSSR count). The van der Waals surface area contributed by atoms with Crippen LogP contribution in [0.4, 0.5) is 5.69 Å². The molecule has 0 bridgehead atoms. The summed E-state index contributed by atoms with van der Waals surface area (Å²) in [4.78, 5) is 37.8. The van der Waals surface area contributed by atoms with Crippen molar-refractivity contribution in [3.63, 3.8) is 0 Å². The second-order valence-electron chi connectivity index (χ2n) is 8.58.